The summed E-state index contributed by atoms with van der Waals surface area (Å²) in [6, 6.07) is 7.32. The van der Waals surface area contributed by atoms with Gasteiger partial charge in [-0.3, -0.25) is 4.79 Å². The second kappa shape index (κ2) is 5.64. The number of nitrogens with one attached hydrogen (secondary N) is 1. The average Bonchev–Trinajstić information content (AvgIpc) is 2.49. The standard InChI is InChI=1S/C17H13FN2O3/c1-9-7-15(21)23-14-6-10(2)13(8-11(9)14)20-17(22)16-12(18)4-3-5-19-16/h3-8H,1-2H3,(H,20,22). The molecule has 0 aliphatic carbocycles. The van der Waals surface area contributed by atoms with Gasteiger partial charge in [0.05, 0.1) is 0 Å². The molecule has 1 N–H and O–H groups in total. The zero-order chi connectivity index (χ0) is 16.6. The number of aromatic nitrogens is 1. The van der Waals surface area contributed by atoms with Gasteiger partial charge in [-0.15, -0.1) is 0 Å². The first-order valence-corrected chi connectivity index (χ1v) is 6.92. The molecule has 1 aromatic carbocycles. The number of benzene rings is 1. The summed E-state index contributed by atoms with van der Waals surface area (Å²) in [5.41, 5.74) is 1.66. The lowest BCUT2D eigenvalue weighted by Gasteiger charge is -2.10. The summed E-state index contributed by atoms with van der Waals surface area (Å²) in [4.78, 5) is 27.3. The zero-order valence-electron chi connectivity index (χ0n) is 12.5. The van der Waals surface area contributed by atoms with Crippen molar-refractivity contribution in [3.05, 3.63) is 69.6 Å². The lowest BCUT2D eigenvalue weighted by atomic mass is 10.1. The van der Waals surface area contributed by atoms with Crippen molar-refractivity contribution in [3.63, 3.8) is 0 Å². The van der Waals surface area contributed by atoms with Crippen LogP contribution >= 0.6 is 0 Å². The summed E-state index contributed by atoms with van der Waals surface area (Å²) < 4.78 is 18.8. The first-order valence-electron chi connectivity index (χ1n) is 6.92. The molecule has 0 fully saturated rings. The van der Waals surface area contributed by atoms with Crippen LogP contribution in [0.4, 0.5) is 10.1 Å². The van der Waals surface area contributed by atoms with E-state index in [0.29, 0.717) is 22.2 Å². The number of nitrogens with zero attached hydrogens (tertiary/aromatic N) is 1. The van der Waals surface area contributed by atoms with Crippen LogP contribution < -0.4 is 10.9 Å². The number of amides is 1. The predicted octanol–water partition coefficient (Wildman–Crippen LogP) is 3.20. The molecule has 0 aliphatic rings. The van der Waals surface area contributed by atoms with Crippen LogP contribution in [-0.4, -0.2) is 10.9 Å². The van der Waals surface area contributed by atoms with E-state index in [2.05, 4.69) is 10.3 Å². The van der Waals surface area contributed by atoms with Crippen molar-refractivity contribution in [3.8, 4) is 0 Å². The van der Waals surface area contributed by atoms with Gasteiger partial charge in [0.25, 0.3) is 5.91 Å². The first kappa shape index (κ1) is 14.9. The van der Waals surface area contributed by atoms with E-state index >= 15 is 0 Å². The van der Waals surface area contributed by atoms with Gasteiger partial charge in [0.2, 0.25) is 0 Å². The van der Waals surface area contributed by atoms with Gasteiger partial charge in [0, 0.05) is 23.3 Å². The van der Waals surface area contributed by atoms with E-state index in [1.54, 1.807) is 26.0 Å². The number of aryl methyl sites for hydroxylation is 2. The van der Waals surface area contributed by atoms with Gasteiger partial charge in [-0.25, -0.2) is 14.2 Å². The fraction of sp³-hybridized carbons (Fsp3) is 0.118. The second-order valence-corrected chi connectivity index (χ2v) is 5.20. The molecule has 0 radical (unpaired) electrons. The molecule has 0 unspecified atom stereocenters. The first-order chi connectivity index (χ1) is 11.0. The Bertz CT molecular complexity index is 979. The second-order valence-electron chi connectivity index (χ2n) is 5.20. The maximum absolute atomic E-state index is 13.6. The molecule has 6 heteroatoms. The normalized spacial score (nSPS) is 10.7. The summed E-state index contributed by atoms with van der Waals surface area (Å²) >= 11 is 0. The Hall–Kier alpha value is -3.02. The van der Waals surface area contributed by atoms with Crippen molar-refractivity contribution in [1.29, 1.82) is 0 Å². The van der Waals surface area contributed by atoms with Crippen molar-refractivity contribution in [2.24, 2.45) is 0 Å². The van der Waals surface area contributed by atoms with Gasteiger partial charge in [-0.2, -0.15) is 0 Å². The van der Waals surface area contributed by atoms with Gasteiger partial charge < -0.3 is 9.73 Å². The molecule has 0 saturated heterocycles. The van der Waals surface area contributed by atoms with Crippen molar-refractivity contribution in [2.45, 2.75) is 13.8 Å². The Balaban J connectivity index is 2.04. The number of anilines is 1. The van der Waals surface area contributed by atoms with Crippen LogP contribution in [0.25, 0.3) is 11.0 Å². The minimum absolute atomic E-state index is 0.275. The predicted molar refractivity (Wildman–Crippen MR) is 84.1 cm³/mol. The van der Waals surface area contributed by atoms with Gasteiger partial charge in [0.1, 0.15) is 5.58 Å². The summed E-state index contributed by atoms with van der Waals surface area (Å²) in [6.07, 6.45) is 1.35. The quantitative estimate of drug-likeness (QED) is 0.738. The van der Waals surface area contributed by atoms with E-state index in [4.69, 9.17) is 4.42 Å². The van der Waals surface area contributed by atoms with Crippen molar-refractivity contribution in [1.82, 2.24) is 4.98 Å². The Kier molecular flexibility index (Phi) is 3.65. The number of halogens is 1. The van der Waals surface area contributed by atoms with Gasteiger partial charge >= 0.3 is 5.63 Å². The smallest absolute Gasteiger partial charge is 0.336 e. The lowest BCUT2D eigenvalue weighted by Crippen LogP contribution is -2.16. The fourth-order valence-electron chi connectivity index (χ4n) is 2.34. The molecule has 2 heterocycles. The van der Waals surface area contributed by atoms with Crippen LogP contribution in [0.2, 0.25) is 0 Å². The molecule has 3 rings (SSSR count). The third-order valence-electron chi connectivity index (χ3n) is 3.52. The van der Waals surface area contributed by atoms with Gasteiger partial charge in [-0.1, -0.05) is 0 Å². The van der Waals surface area contributed by atoms with Crippen LogP contribution in [0.5, 0.6) is 0 Å². The largest absolute Gasteiger partial charge is 0.423 e. The summed E-state index contributed by atoms with van der Waals surface area (Å²) in [5.74, 6) is -1.33. The molecule has 1 amide bonds. The van der Waals surface area contributed by atoms with Crippen LogP contribution in [0.1, 0.15) is 21.6 Å². The van der Waals surface area contributed by atoms with E-state index in [1.165, 1.54) is 24.4 Å². The SMILES string of the molecule is Cc1cc2oc(=O)cc(C)c2cc1NC(=O)c1ncccc1F. The van der Waals surface area contributed by atoms with Gasteiger partial charge in [0.15, 0.2) is 11.5 Å². The number of carbonyl (C=O) groups is 1. The third kappa shape index (κ3) is 2.83. The average molecular weight is 312 g/mol. The van der Waals surface area contributed by atoms with Gasteiger partial charge in [-0.05, 0) is 49.2 Å². The highest BCUT2D eigenvalue weighted by Crippen LogP contribution is 2.25. The van der Waals surface area contributed by atoms with E-state index < -0.39 is 17.3 Å². The number of pyridine rings is 1. The Morgan fingerprint density at radius 1 is 1.22 bits per heavy atom. The van der Waals surface area contributed by atoms with E-state index in [1.807, 2.05) is 0 Å². The molecule has 116 valence electrons. The zero-order valence-corrected chi connectivity index (χ0v) is 12.5. The fourth-order valence-corrected chi connectivity index (χ4v) is 2.34. The topological polar surface area (TPSA) is 72.2 Å². The van der Waals surface area contributed by atoms with Crippen LogP contribution in [0.3, 0.4) is 0 Å². The Morgan fingerprint density at radius 3 is 2.74 bits per heavy atom. The van der Waals surface area contributed by atoms with E-state index in [9.17, 15) is 14.0 Å². The monoisotopic (exact) mass is 312 g/mol. The molecule has 3 aromatic rings. The maximum Gasteiger partial charge on any atom is 0.336 e. The third-order valence-corrected chi connectivity index (χ3v) is 3.52. The highest BCUT2D eigenvalue weighted by molar-refractivity contribution is 6.04. The van der Waals surface area contributed by atoms with Crippen molar-refractivity contribution < 1.29 is 13.6 Å². The molecule has 0 aliphatic heterocycles. The molecule has 0 spiro atoms. The minimum atomic E-state index is -0.689. The minimum Gasteiger partial charge on any atom is -0.423 e. The molecular weight excluding hydrogens is 299 g/mol. The molecule has 5 nitrogen and oxygen atoms in total. The molecule has 0 saturated carbocycles. The summed E-state index contributed by atoms with van der Waals surface area (Å²) in [5, 5.41) is 3.34. The Morgan fingerprint density at radius 2 is 2.00 bits per heavy atom. The van der Waals surface area contributed by atoms with Crippen LogP contribution in [0, 0.1) is 19.7 Å². The van der Waals surface area contributed by atoms with Crippen LogP contribution in [-0.2, 0) is 0 Å². The van der Waals surface area contributed by atoms with Crippen molar-refractivity contribution >= 4 is 22.6 Å². The molecular formula is C17H13FN2O3. The number of hydrogen-bond donors (Lipinski definition) is 1. The highest BCUT2D eigenvalue weighted by Gasteiger charge is 2.15. The molecule has 2 aromatic heterocycles. The summed E-state index contributed by atoms with van der Waals surface area (Å²) in [7, 11) is 0. The Labute approximate surface area is 130 Å². The molecule has 0 bridgehead atoms. The summed E-state index contributed by atoms with van der Waals surface area (Å²) in [6.45, 7) is 3.53. The highest BCUT2D eigenvalue weighted by atomic mass is 19.1. The van der Waals surface area contributed by atoms with E-state index in [0.717, 1.165) is 5.56 Å². The van der Waals surface area contributed by atoms with E-state index in [-0.39, 0.29) is 5.69 Å². The lowest BCUT2D eigenvalue weighted by molar-refractivity contribution is 0.101. The number of hydrogen-bond acceptors (Lipinski definition) is 4. The number of fused-ring (bicyclic) bond motifs is 1. The molecule has 23 heavy (non-hydrogen) atoms. The maximum atomic E-state index is 13.6. The number of carbonyl (C=O) groups excluding carboxylic acids is 1. The molecule has 0 atom stereocenters. The van der Waals surface area contributed by atoms with Crippen LogP contribution in [0.15, 0.2) is 45.7 Å². The van der Waals surface area contributed by atoms with Crippen molar-refractivity contribution in [2.75, 3.05) is 5.32 Å². The number of rotatable bonds is 2.